The van der Waals surface area contributed by atoms with Gasteiger partial charge in [-0.2, -0.15) is 0 Å². The van der Waals surface area contributed by atoms with Gasteiger partial charge in [0.1, 0.15) is 11.6 Å². The second-order valence-electron chi connectivity index (χ2n) is 4.30. The van der Waals surface area contributed by atoms with Gasteiger partial charge in [-0.15, -0.1) is 0 Å². The summed E-state index contributed by atoms with van der Waals surface area (Å²) in [7, 11) is -2.99. The van der Waals surface area contributed by atoms with E-state index in [0.717, 1.165) is 0 Å². The van der Waals surface area contributed by atoms with Crippen LogP contribution in [0.15, 0.2) is 16.6 Å². The van der Waals surface area contributed by atoms with Crippen LogP contribution in [0.1, 0.15) is 12.0 Å². The van der Waals surface area contributed by atoms with E-state index in [9.17, 15) is 17.2 Å². The zero-order valence-corrected chi connectivity index (χ0v) is 11.8. The van der Waals surface area contributed by atoms with E-state index in [2.05, 4.69) is 21.2 Å². The van der Waals surface area contributed by atoms with Crippen LogP contribution in [0.5, 0.6) is 0 Å². The molecular formula is C11H12BrF2NO2S. The SMILES string of the molecule is O=S1(=O)CCC(NCc2c(F)ccc(Br)c2F)C1. The average Bonchev–Trinajstić information content (AvgIpc) is 2.64. The number of hydrogen-bond donors (Lipinski definition) is 1. The van der Waals surface area contributed by atoms with Gasteiger partial charge >= 0.3 is 0 Å². The third-order valence-corrected chi connectivity index (χ3v) is 5.32. The standard InChI is InChI=1S/C11H12BrF2NO2S/c12-9-1-2-10(13)8(11(9)14)5-15-7-3-4-18(16,17)6-7/h1-2,7,15H,3-6H2. The largest absolute Gasteiger partial charge is 0.309 e. The Morgan fingerprint density at radius 1 is 1.39 bits per heavy atom. The quantitative estimate of drug-likeness (QED) is 0.857. The number of hydrogen-bond acceptors (Lipinski definition) is 3. The molecule has 1 aliphatic heterocycles. The van der Waals surface area contributed by atoms with Crippen molar-refractivity contribution in [3.63, 3.8) is 0 Å². The van der Waals surface area contributed by atoms with E-state index in [4.69, 9.17) is 0 Å². The highest BCUT2D eigenvalue weighted by atomic mass is 79.9. The van der Waals surface area contributed by atoms with Gasteiger partial charge < -0.3 is 5.32 Å². The van der Waals surface area contributed by atoms with Crippen molar-refractivity contribution in [3.05, 3.63) is 33.8 Å². The smallest absolute Gasteiger partial charge is 0.151 e. The Hall–Kier alpha value is -0.530. The van der Waals surface area contributed by atoms with Gasteiger partial charge in [-0.05, 0) is 34.5 Å². The van der Waals surface area contributed by atoms with Gasteiger partial charge in [0.25, 0.3) is 0 Å². The van der Waals surface area contributed by atoms with Crippen molar-refractivity contribution in [1.29, 1.82) is 0 Å². The molecule has 100 valence electrons. The first-order valence-corrected chi connectivity index (χ1v) is 8.06. The molecule has 1 fully saturated rings. The van der Waals surface area contributed by atoms with Crippen LogP contribution >= 0.6 is 15.9 Å². The molecule has 7 heteroatoms. The van der Waals surface area contributed by atoms with Crippen LogP contribution in [0.4, 0.5) is 8.78 Å². The lowest BCUT2D eigenvalue weighted by Crippen LogP contribution is -2.30. The molecular weight excluding hydrogens is 328 g/mol. The lowest BCUT2D eigenvalue weighted by atomic mass is 10.1. The molecule has 0 radical (unpaired) electrons. The Bertz CT molecular complexity index is 562. The Balaban J connectivity index is 2.05. The predicted octanol–water partition coefficient (Wildman–Crippen LogP) is 2.00. The molecule has 1 atom stereocenters. The van der Waals surface area contributed by atoms with E-state index < -0.39 is 21.5 Å². The molecule has 0 saturated carbocycles. The van der Waals surface area contributed by atoms with Crippen molar-refractivity contribution in [3.8, 4) is 0 Å². The second-order valence-corrected chi connectivity index (χ2v) is 7.39. The van der Waals surface area contributed by atoms with Gasteiger partial charge in [0.15, 0.2) is 9.84 Å². The van der Waals surface area contributed by atoms with E-state index in [-0.39, 0.29) is 34.1 Å². The van der Waals surface area contributed by atoms with Crippen LogP contribution in [-0.2, 0) is 16.4 Å². The molecule has 18 heavy (non-hydrogen) atoms. The Morgan fingerprint density at radius 3 is 2.72 bits per heavy atom. The number of halogens is 3. The van der Waals surface area contributed by atoms with Crippen molar-refractivity contribution in [2.24, 2.45) is 0 Å². The molecule has 0 bridgehead atoms. The maximum atomic E-state index is 13.6. The van der Waals surface area contributed by atoms with Crippen molar-refractivity contribution in [2.45, 2.75) is 19.0 Å². The van der Waals surface area contributed by atoms with Crippen LogP contribution in [0.2, 0.25) is 0 Å². The van der Waals surface area contributed by atoms with Crippen molar-refractivity contribution < 1.29 is 17.2 Å². The molecule has 1 heterocycles. The van der Waals surface area contributed by atoms with E-state index in [1.807, 2.05) is 0 Å². The molecule has 1 aromatic carbocycles. The highest BCUT2D eigenvalue weighted by molar-refractivity contribution is 9.10. The minimum absolute atomic E-state index is 0.0166. The van der Waals surface area contributed by atoms with Gasteiger partial charge in [-0.3, -0.25) is 0 Å². The Kier molecular flexibility index (Phi) is 4.03. The summed E-state index contributed by atoms with van der Waals surface area (Å²) in [6.07, 6.45) is 0.486. The third kappa shape index (κ3) is 3.07. The second kappa shape index (κ2) is 5.22. The molecule has 2 rings (SSSR count). The summed E-state index contributed by atoms with van der Waals surface area (Å²) >= 11 is 2.99. The topological polar surface area (TPSA) is 46.2 Å². The number of benzene rings is 1. The summed E-state index contributed by atoms with van der Waals surface area (Å²) in [4.78, 5) is 0. The Labute approximate surface area is 113 Å². The first kappa shape index (κ1) is 13.9. The van der Waals surface area contributed by atoms with Gasteiger partial charge in [0.05, 0.1) is 16.0 Å². The van der Waals surface area contributed by atoms with Gasteiger partial charge in [-0.25, -0.2) is 17.2 Å². The molecule has 3 nitrogen and oxygen atoms in total. The van der Waals surface area contributed by atoms with Crippen molar-refractivity contribution in [1.82, 2.24) is 5.32 Å². The summed E-state index contributed by atoms with van der Waals surface area (Å²) in [5.74, 6) is -1.12. The lowest BCUT2D eigenvalue weighted by Gasteiger charge is -2.12. The molecule has 0 aliphatic carbocycles. The highest BCUT2D eigenvalue weighted by Gasteiger charge is 2.27. The minimum atomic E-state index is -2.99. The Morgan fingerprint density at radius 2 is 2.11 bits per heavy atom. The van der Waals surface area contributed by atoms with Crippen molar-refractivity contribution >= 4 is 25.8 Å². The van der Waals surface area contributed by atoms with E-state index in [0.29, 0.717) is 6.42 Å². The van der Waals surface area contributed by atoms with Gasteiger partial charge in [0.2, 0.25) is 0 Å². The molecule has 1 aromatic rings. The first-order chi connectivity index (χ1) is 8.39. The average molecular weight is 340 g/mol. The zero-order valence-electron chi connectivity index (χ0n) is 9.42. The van der Waals surface area contributed by atoms with E-state index in [1.54, 1.807) is 0 Å². The number of rotatable bonds is 3. The predicted molar refractivity (Wildman–Crippen MR) is 68.0 cm³/mol. The molecule has 1 aliphatic rings. The minimum Gasteiger partial charge on any atom is -0.309 e. The summed E-state index contributed by atoms with van der Waals surface area (Å²) < 4.78 is 49.8. The van der Waals surface area contributed by atoms with Crippen LogP contribution in [0, 0.1) is 11.6 Å². The van der Waals surface area contributed by atoms with Gasteiger partial charge in [0, 0.05) is 18.2 Å². The van der Waals surface area contributed by atoms with Crippen LogP contribution in [0.25, 0.3) is 0 Å². The van der Waals surface area contributed by atoms with E-state index in [1.165, 1.54) is 12.1 Å². The van der Waals surface area contributed by atoms with Gasteiger partial charge in [-0.1, -0.05) is 0 Å². The number of sulfone groups is 1. The first-order valence-electron chi connectivity index (χ1n) is 5.45. The summed E-state index contributed by atoms with van der Waals surface area (Å²) in [6, 6.07) is 2.25. The highest BCUT2D eigenvalue weighted by Crippen LogP contribution is 2.22. The van der Waals surface area contributed by atoms with Crippen LogP contribution in [-0.4, -0.2) is 26.0 Å². The summed E-state index contributed by atoms with van der Waals surface area (Å²) in [5.41, 5.74) is -0.0753. The molecule has 0 aromatic heterocycles. The molecule has 0 amide bonds. The normalized spacial score (nSPS) is 22.3. The summed E-state index contributed by atoms with van der Waals surface area (Å²) in [6.45, 7) is -0.0166. The van der Waals surface area contributed by atoms with E-state index >= 15 is 0 Å². The third-order valence-electron chi connectivity index (χ3n) is 2.94. The maximum absolute atomic E-state index is 13.6. The number of nitrogens with one attached hydrogen (secondary N) is 1. The van der Waals surface area contributed by atoms with Crippen molar-refractivity contribution in [2.75, 3.05) is 11.5 Å². The monoisotopic (exact) mass is 339 g/mol. The summed E-state index contributed by atoms with van der Waals surface area (Å²) in [5, 5.41) is 2.88. The lowest BCUT2D eigenvalue weighted by molar-refractivity contribution is 0.501. The molecule has 1 unspecified atom stereocenters. The zero-order chi connectivity index (χ0) is 13.3. The fourth-order valence-electron chi connectivity index (χ4n) is 1.93. The fourth-order valence-corrected chi connectivity index (χ4v) is 4.01. The fraction of sp³-hybridized carbons (Fsp3) is 0.455. The molecule has 1 N–H and O–H groups in total. The molecule has 1 saturated heterocycles. The van der Waals surface area contributed by atoms with Crippen LogP contribution < -0.4 is 5.32 Å². The molecule has 0 spiro atoms. The maximum Gasteiger partial charge on any atom is 0.151 e. The van der Waals surface area contributed by atoms with Crippen LogP contribution in [0.3, 0.4) is 0 Å².